The highest BCUT2D eigenvalue weighted by Crippen LogP contribution is 2.40. The lowest BCUT2D eigenvalue weighted by Gasteiger charge is -2.05. The molecule has 0 radical (unpaired) electrons. The van der Waals surface area contributed by atoms with Crippen molar-refractivity contribution in [3.8, 4) is 16.6 Å². The largest absolute Gasteiger partial charge is 0.237 e. The molecule has 114 valence electrons. The molecule has 0 aliphatic rings. The minimum absolute atomic E-state index is 0.394. The quantitative estimate of drug-likeness (QED) is 0.338. The monoisotopic (exact) mass is 346 g/mol. The zero-order valence-corrected chi connectivity index (χ0v) is 14.5. The van der Waals surface area contributed by atoms with Gasteiger partial charge in [-0.1, -0.05) is 0 Å². The molecular weight excluding hydrogens is 336 g/mol. The van der Waals surface area contributed by atoms with Gasteiger partial charge >= 0.3 is 0 Å². The second-order valence-corrected chi connectivity index (χ2v) is 6.33. The van der Waals surface area contributed by atoms with Crippen LogP contribution in [0, 0.1) is 31.8 Å². The Hall–Kier alpha value is -2.89. The molecule has 24 heavy (non-hydrogen) atoms. The Kier molecular flexibility index (Phi) is 4.20. The van der Waals surface area contributed by atoms with E-state index in [2.05, 4.69) is 33.3 Å². The standard InChI is InChI=1S/C18H10N4S2/c1-10-14(8-19)15(20-3)11(2)16-17(10)24-18(22-16)12-4-6-13(7-5-12)21-9-23/h4-7H,1-2H3. The fraction of sp³-hybridized carbons (Fsp3) is 0.111. The van der Waals surface area contributed by atoms with Gasteiger partial charge in [-0.15, -0.1) is 11.3 Å². The molecule has 1 aromatic heterocycles. The molecule has 0 bridgehead atoms. The topological polar surface area (TPSA) is 53.4 Å². The van der Waals surface area contributed by atoms with Crippen molar-refractivity contribution < 1.29 is 0 Å². The number of thiocarbonyl (C=S) groups is 1. The van der Waals surface area contributed by atoms with Gasteiger partial charge in [-0.05, 0) is 61.5 Å². The number of thiazole rings is 1. The fourth-order valence-electron chi connectivity index (χ4n) is 2.55. The molecular formula is C18H10N4S2. The van der Waals surface area contributed by atoms with Crippen LogP contribution in [0.25, 0.3) is 25.6 Å². The van der Waals surface area contributed by atoms with Gasteiger partial charge in [0.1, 0.15) is 5.01 Å². The number of fused-ring (bicyclic) bond motifs is 1. The van der Waals surface area contributed by atoms with Crippen LogP contribution in [0.3, 0.4) is 0 Å². The number of benzene rings is 2. The summed E-state index contributed by atoms with van der Waals surface area (Å²) in [5.41, 5.74) is 4.89. The van der Waals surface area contributed by atoms with Crippen molar-refractivity contribution in [2.45, 2.75) is 13.8 Å². The molecule has 2 aromatic carbocycles. The molecule has 6 heteroatoms. The zero-order valence-electron chi connectivity index (χ0n) is 12.9. The number of nitrogens with zero attached hydrogens (tertiary/aromatic N) is 4. The Bertz CT molecular complexity index is 1030. The van der Waals surface area contributed by atoms with E-state index in [1.54, 1.807) is 0 Å². The van der Waals surface area contributed by atoms with Crippen molar-refractivity contribution in [1.29, 1.82) is 5.26 Å². The number of aliphatic imine (C=N–C) groups is 1. The molecule has 3 aromatic rings. The van der Waals surface area contributed by atoms with Gasteiger partial charge in [0, 0.05) is 5.56 Å². The number of hydrogen-bond acceptors (Lipinski definition) is 5. The average molecular weight is 346 g/mol. The highest BCUT2D eigenvalue weighted by Gasteiger charge is 2.18. The third-order valence-corrected chi connectivity index (χ3v) is 5.12. The lowest BCUT2D eigenvalue weighted by molar-refractivity contribution is 1.38. The maximum Gasteiger partial charge on any atom is 0.209 e. The summed E-state index contributed by atoms with van der Waals surface area (Å²) in [5.74, 6) is 0. The molecule has 0 aliphatic carbocycles. The summed E-state index contributed by atoms with van der Waals surface area (Å²) < 4.78 is 0.951. The van der Waals surface area contributed by atoms with Gasteiger partial charge in [0.15, 0.2) is 0 Å². The zero-order chi connectivity index (χ0) is 17.3. The first kappa shape index (κ1) is 16.0. The number of nitriles is 1. The molecule has 0 atom stereocenters. The Morgan fingerprint density at radius 2 is 1.96 bits per heavy atom. The number of rotatable bonds is 2. The van der Waals surface area contributed by atoms with Crippen molar-refractivity contribution >= 4 is 50.3 Å². The van der Waals surface area contributed by atoms with E-state index in [1.165, 1.54) is 11.3 Å². The molecule has 4 nitrogen and oxygen atoms in total. The Morgan fingerprint density at radius 1 is 1.25 bits per heavy atom. The van der Waals surface area contributed by atoms with Gasteiger partial charge in [-0.3, -0.25) is 0 Å². The Morgan fingerprint density at radius 3 is 2.54 bits per heavy atom. The minimum atomic E-state index is 0.394. The van der Waals surface area contributed by atoms with E-state index in [4.69, 9.17) is 11.6 Å². The van der Waals surface area contributed by atoms with Crippen LogP contribution >= 0.6 is 23.6 Å². The third-order valence-electron chi connectivity index (χ3n) is 3.80. The molecule has 0 saturated heterocycles. The maximum atomic E-state index is 9.39. The SMILES string of the molecule is [C-]#[N+]c1c(C#N)c(C)c2sc(-c3ccc(N=C=S)cc3)nc2c1C. The molecule has 1 heterocycles. The molecule has 0 aliphatic heterocycles. The van der Waals surface area contributed by atoms with Gasteiger partial charge in [-0.2, -0.15) is 10.3 Å². The molecule has 0 unspecified atom stereocenters. The number of aryl methyl sites for hydroxylation is 2. The molecule has 0 saturated carbocycles. The van der Waals surface area contributed by atoms with Crippen molar-refractivity contribution in [2.24, 2.45) is 4.99 Å². The summed E-state index contributed by atoms with van der Waals surface area (Å²) in [6, 6.07) is 9.71. The second kappa shape index (κ2) is 6.31. The minimum Gasteiger partial charge on any atom is -0.237 e. The van der Waals surface area contributed by atoms with Gasteiger partial charge in [-0.25, -0.2) is 9.83 Å². The molecule has 0 spiro atoms. The summed E-state index contributed by atoms with van der Waals surface area (Å²) in [4.78, 5) is 12.2. The van der Waals surface area contributed by atoms with Crippen LogP contribution in [-0.2, 0) is 0 Å². The number of hydrogen-bond donors (Lipinski definition) is 0. The van der Waals surface area contributed by atoms with Crippen molar-refractivity contribution in [1.82, 2.24) is 4.98 Å². The predicted molar refractivity (Wildman–Crippen MR) is 100 cm³/mol. The van der Waals surface area contributed by atoms with Gasteiger partial charge in [0.2, 0.25) is 5.69 Å². The Balaban J connectivity index is 2.24. The number of isothiocyanates is 1. The summed E-state index contributed by atoms with van der Waals surface area (Å²) in [5, 5.41) is 12.6. The second-order valence-electron chi connectivity index (χ2n) is 5.14. The van der Waals surface area contributed by atoms with Crippen LogP contribution in [0.4, 0.5) is 11.4 Å². The molecule has 0 amide bonds. The van der Waals surface area contributed by atoms with Crippen LogP contribution in [0.1, 0.15) is 16.7 Å². The van der Waals surface area contributed by atoms with Gasteiger partial charge in [0.05, 0.1) is 39.3 Å². The first-order valence-corrected chi connectivity index (χ1v) is 8.22. The first-order chi connectivity index (χ1) is 11.6. The molecule has 0 fully saturated rings. The summed E-state index contributed by atoms with van der Waals surface area (Å²) in [6.45, 7) is 11.1. The normalized spacial score (nSPS) is 10.0. The summed E-state index contributed by atoms with van der Waals surface area (Å²) in [6.07, 6.45) is 0. The van der Waals surface area contributed by atoms with E-state index in [0.29, 0.717) is 11.3 Å². The molecule has 0 N–H and O–H groups in total. The van der Waals surface area contributed by atoms with Gasteiger partial charge < -0.3 is 0 Å². The maximum absolute atomic E-state index is 9.39. The third kappa shape index (κ3) is 2.50. The van der Waals surface area contributed by atoms with E-state index in [0.717, 1.165) is 37.6 Å². The number of aromatic nitrogens is 1. The lowest BCUT2D eigenvalue weighted by Crippen LogP contribution is -1.88. The smallest absolute Gasteiger partial charge is 0.209 e. The highest BCUT2D eigenvalue weighted by atomic mass is 32.1. The van der Waals surface area contributed by atoms with Crippen LogP contribution in [0.5, 0.6) is 0 Å². The van der Waals surface area contributed by atoms with Crippen molar-refractivity contribution in [2.75, 3.05) is 0 Å². The van der Waals surface area contributed by atoms with Crippen LogP contribution in [-0.4, -0.2) is 10.1 Å². The van der Waals surface area contributed by atoms with E-state index >= 15 is 0 Å². The van der Waals surface area contributed by atoms with Gasteiger partial charge in [0.25, 0.3) is 0 Å². The van der Waals surface area contributed by atoms with Crippen molar-refractivity contribution in [3.05, 3.63) is 52.4 Å². The van der Waals surface area contributed by atoms with Crippen LogP contribution in [0.2, 0.25) is 0 Å². The van der Waals surface area contributed by atoms with E-state index in [9.17, 15) is 5.26 Å². The van der Waals surface area contributed by atoms with E-state index in [-0.39, 0.29) is 0 Å². The summed E-state index contributed by atoms with van der Waals surface area (Å²) in [7, 11) is 0. The Labute approximate surface area is 148 Å². The van der Waals surface area contributed by atoms with Crippen molar-refractivity contribution in [3.63, 3.8) is 0 Å². The predicted octanol–water partition coefficient (Wildman–Crippen LogP) is 5.74. The fourth-order valence-corrected chi connectivity index (χ4v) is 3.79. The molecule has 3 rings (SSSR count). The van der Waals surface area contributed by atoms with E-state index < -0.39 is 0 Å². The highest BCUT2D eigenvalue weighted by molar-refractivity contribution is 7.78. The van der Waals surface area contributed by atoms with Crippen LogP contribution in [0.15, 0.2) is 29.3 Å². The lowest BCUT2D eigenvalue weighted by atomic mass is 10.0. The average Bonchev–Trinajstić information content (AvgIpc) is 3.04. The van der Waals surface area contributed by atoms with E-state index in [1.807, 2.05) is 38.1 Å². The van der Waals surface area contributed by atoms with Crippen LogP contribution < -0.4 is 0 Å². The first-order valence-electron chi connectivity index (χ1n) is 7.00. The summed E-state index contributed by atoms with van der Waals surface area (Å²) >= 11 is 6.13.